The second kappa shape index (κ2) is 8.94. The minimum absolute atomic E-state index is 0.228. The number of hydrogen-bond acceptors (Lipinski definition) is 3. The van der Waals surface area contributed by atoms with E-state index >= 15 is 0 Å². The molecule has 0 fully saturated rings. The first-order chi connectivity index (χ1) is 11.2. The molecule has 0 saturated carbocycles. The van der Waals surface area contributed by atoms with Gasteiger partial charge in [0.1, 0.15) is 5.75 Å². The Labute approximate surface area is 164 Å². The van der Waals surface area contributed by atoms with Crippen molar-refractivity contribution in [2.24, 2.45) is 0 Å². The molecule has 0 aliphatic heterocycles. The molecule has 0 amide bonds. The van der Waals surface area contributed by atoms with Crippen LogP contribution in [0.2, 0.25) is 61.4 Å². The van der Waals surface area contributed by atoms with Crippen LogP contribution in [0.1, 0.15) is 5.56 Å². The molecule has 0 atom stereocenters. The summed E-state index contributed by atoms with van der Waals surface area (Å²) < 4.78 is 19.7. The number of aliphatic hydroxyl groups is 1. The molecule has 0 aliphatic carbocycles. The van der Waals surface area contributed by atoms with Crippen molar-refractivity contribution in [3.63, 3.8) is 0 Å². The summed E-state index contributed by atoms with van der Waals surface area (Å²) in [5.41, 5.74) is 0.524. The molecule has 0 spiro atoms. The number of aliphatic hydroxyl groups excluding tert-OH is 1. The molecule has 1 rings (SSSR count). The Hall–Kier alpha value is 0.224. The lowest BCUT2D eigenvalue weighted by Gasteiger charge is -2.26. The summed E-state index contributed by atoms with van der Waals surface area (Å²) in [5.74, 6) is 0.395. The van der Waals surface area contributed by atoms with Crippen molar-refractivity contribution in [2.75, 3.05) is 12.3 Å². The first-order valence-electron chi connectivity index (χ1n) is 8.61. The van der Waals surface area contributed by atoms with Gasteiger partial charge in [-0.25, -0.2) is 0 Å². The van der Waals surface area contributed by atoms with Crippen LogP contribution in [-0.2, 0) is 11.2 Å². The maximum Gasteiger partial charge on any atom is 0.247 e. The van der Waals surface area contributed by atoms with Gasteiger partial charge < -0.3 is 9.63 Å². The van der Waals surface area contributed by atoms with Crippen LogP contribution in [0.4, 0.5) is 0 Å². The molecule has 144 valence electrons. The standard InChI is InChI=1S/C17H31Cl2O3PSi2/c1-24(2,3)9-7-23(21,8-10-25(4,5)6)22-17-12-16(19)15(18)11-14(17)13-20/h11-12,20H,7-10,13H2,1-6H3. The average molecular weight is 441 g/mol. The van der Waals surface area contributed by atoms with Crippen molar-refractivity contribution in [3.05, 3.63) is 27.7 Å². The Morgan fingerprint density at radius 3 is 1.80 bits per heavy atom. The Bertz CT molecular complexity index is 618. The van der Waals surface area contributed by atoms with Crippen LogP contribution in [0.15, 0.2) is 12.1 Å². The van der Waals surface area contributed by atoms with E-state index in [9.17, 15) is 9.67 Å². The number of benzene rings is 1. The predicted octanol–water partition coefficient (Wildman–Crippen LogP) is 6.82. The van der Waals surface area contributed by atoms with Crippen molar-refractivity contribution in [1.82, 2.24) is 0 Å². The third-order valence-electron chi connectivity index (χ3n) is 3.94. The molecule has 3 nitrogen and oxygen atoms in total. The Morgan fingerprint density at radius 1 is 0.960 bits per heavy atom. The van der Waals surface area contributed by atoms with Crippen LogP contribution in [-0.4, -0.2) is 33.6 Å². The quantitative estimate of drug-likeness (QED) is 0.338. The molecule has 25 heavy (non-hydrogen) atoms. The Kier molecular flexibility index (Phi) is 8.32. The van der Waals surface area contributed by atoms with Crippen LogP contribution < -0.4 is 4.52 Å². The van der Waals surface area contributed by atoms with E-state index in [1.165, 1.54) is 0 Å². The van der Waals surface area contributed by atoms with Gasteiger partial charge in [0.15, 0.2) is 0 Å². The second-order valence-corrected chi connectivity index (χ2v) is 23.8. The summed E-state index contributed by atoms with van der Waals surface area (Å²) in [7, 11) is -5.53. The van der Waals surface area contributed by atoms with Gasteiger partial charge in [-0.15, -0.1) is 0 Å². The van der Waals surface area contributed by atoms with Crippen LogP contribution >= 0.6 is 30.6 Å². The van der Waals surface area contributed by atoms with Crippen LogP contribution in [0, 0.1) is 0 Å². The SMILES string of the molecule is C[Si](C)(C)CCP(=O)(CC[Si](C)(C)C)Oc1cc(Cl)c(Cl)cc1CO. The summed E-state index contributed by atoms with van der Waals surface area (Å²) >= 11 is 12.1. The fraction of sp³-hybridized carbons (Fsp3) is 0.647. The zero-order chi connectivity index (χ0) is 19.5. The third-order valence-corrected chi connectivity index (χ3v) is 11.3. The normalized spacial score (nSPS) is 13.2. The molecule has 1 aromatic carbocycles. The topological polar surface area (TPSA) is 46.5 Å². The highest BCUT2D eigenvalue weighted by Gasteiger charge is 2.31. The van der Waals surface area contributed by atoms with Crippen molar-refractivity contribution in [1.29, 1.82) is 0 Å². The van der Waals surface area contributed by atoms with E-state index in [1.807, 2.05) is 0 Å². The van der Waals surface area contributed by atoms with Gasteiger partial charge in [-0.05, 0) is 18.2 Å². The van der Waals surface area contributed by atoms with Crippen molar-refractivity contribution < 1.29 is 14.2 Å². The zero-order valence-corrected chi connectivity index (χ0v) is 20.6. The monoisotopic (exact) mass is 440 g/mol. The molecule has 0 heterocycles. The average Bonchev–Trinajstić information content (AvgIpc) is 2.46. The minimum Gasteiger partial charge on any atom is -0.442 e. The fourth-order valence-electron chi connectivity index (χ4n) is 2.17. The minimum atomic E-state index is -2.85. The molecular formula is C17H31Cl2O3PSi2. The summed E-state index contributed by atoms with van der Waals surface area (Å²) in [6, 6.07) is 5.06. The molecule has 0 unspecified atom stereocenters. The summed E-state index contributed by atoms with van der Waals surface area (Å²) in [4.78, 5) is 0. The van der Waals surface area contributed by atoms with Gasteiger partial charge in [0.2, 0.25) is 7.37 Å². The van der Waals surface area contributed by atoms with E-state index in [0.717, 1.165) is 12.1 Å². The van der Waals surface area contributed by atoms with Crippen molar-refractivity contribution in [3.8, 4) is 5.75 Å². The van der Waals surface area contributed by atoms with Gasteiger partial charge in [0.25, 0.3) is 0 Å². The number of hydrogen-bond donors (Lipinski definition) is 1. The van der Waals surface area contributed by atoms with Gasteiger partial charge in [-0.1, -0.05) is 62.5 Å². The zero-order valence-electron chi connectivity index (χ0n) is 16.2. The summed E-state index contributed by atoms with van der Waals surface area (Å²) in [5, 5.41) is 10.3. The van der Waals surface area contributed by atoms with Crippen LogP contribution in [0.3, 0.4) is 0 Å². The highest BCUT2D eigenvalue weighted by molar-refractivity contribution is 7.59. The Balaban J connectivity index is 3.11. The van der Waals surface area contributed by atoms with Crippen LogP contribution in [0.5, 0.6) is 5.75 Å². The van der Waals surface area contributed by atoms with E-state index < -0.39 is 23.5 Å². The lowest BCUT2D eigenvalue weighted by Crippen LogP contribution is -2.24. The maximum absolute atomic E-state index is 13.6. The van der Waals surface area contributed by atoms with E-state index in [2.05, 4.69) is 39.3 Å². The molecule has 1 aromatic rings. The smallest absolute Gasteiger partial charge is 0.247 e. The Morgan fingerprint density at radius 2 is 1.40 bits per heavy atom. The van der Waals surface area contributed by atoms with Gasteiger partial charge in [0, 0.05) is 40.1 Å². The molecule has 0 radical (unpaired) electrons. The van der Waals surface area contributed by atoms with Gasteiger partial charge in [-0.2, -0.15) is 0 Å². The van der Waals surface area contributed by atoms with E-state index in [4.69, 9.17) is 27.7 Å². The molecule has 0 aliphatic rings. The number of halogens is 2. The molecule has 0 bridgehead atoms. The predicted molar refractivity (Wildman–Crippen MR) is 117 cm³/mol. The lowest BCUT2D eigenvalue weighted by molar-refractivity contribution is 0.278. The second-order valence-electron chi connectivity index (χ2n) is 9.01. The number of rotatable bonds is 9. The molecule has 1 N–H and O–H groups in total. The highest BCUT2D eigenvalue weighted by Crippen LogP contribution is 2.51. The first kappa shape index (κ1) is 23.3. The van der Waals surface area contributed by atoms with E-state index in [-0.39, 0.29) is 6.61 Å². The fourth-order valence-corrected chi connectivity index (χ4v) is 11.5. The van der Waals surface area contributed by atoms with E-state index in [1.54, 1.807) is 12.1 Å². The van der Waals surface area contributed by atoms with E-state index in [0.29, 0.717) is 33.7 Å². The van der Waals surface area contributed by atoms with Gasteiger partial charge in [0.05, 0.1) is 16.7 Å². The van der Waals surface area contributed by atoms with Gasteiger partial charge >= 0.3 is 0 Å². The lowest BCUT2D eigenvalue weighted by atomic mass is 10.2. The van der Waals surface area contributed by atoms with Gasteiger partial charge in [-0.3, -0.25) is 4.57 Å². The van der Waals surface area contributed by atoms with Crippen LogP contribution in [0.25, 0.3) is 0 Å². The summed E-state index contributed by atoms with van der Waals surface area (Å²) in [6.07, 6.45) is 1.16. The highest BCUT2D eigenvalue weighted by atomic mass is 35.5. The molecular weight excluding hydrogens is 410 g/mol. The summed E-state index contributed by atoms with van der Waals surface area (Å²) in [6.45, 7) is 13.4. The first-order valence-corrected chi connectivity index (χ1v) is 18.8. The molecule has 0 saturated heterocycles. The largest absolute Gasteiger partial charge is 0.442 e. The molecule has 8 heteroatoms. The molecule has 0 aromatic heterocycles. The third kappa shape index (κ3) is 8.63. The maximum atomic E-state index is 13.6. The van der Waals surface area contributed by atoms with Crippen molar-refractivity contribution >= 4 is 46.7 Å². The van der Waals surface area contributed by atoms with Crippen molar-refractivity contribution in [2.45, 2.75) is 58.0 Å².